The Morgan fingerprint density at radius 3 is 2.51 bits per heavy atom. The molecule has 2 unspecified atom stereocenters. The lowest BCUT2D eigenvalue weighted by Crippen LogP contribution is -2.46. The van der Waals surface area contributed by atoms with Gasteiger partial charge in [-0.15, -0.1) is 0 Å². The number of benzene rings is 1. The van der Waals surface area contributed by atoms with Crippen LogP contribution in [0.25, 0.3) is 11.3 Å². The van der Waals surface area contributed by atoms with Gasteiger partial charge in [0.2, 0.25) is 5.95 Å². The Bertz CT molecular complexity index is 1650. The lowest BCUT2D eigenvalue weighted by Gasteiger charge is -2.39. The van der Waals surface area contributed by atoms with Crippen LogP contribution in [0.3, 0.4) is 0 Å². The molecule has 12 heteroatoms. The minimum absolute atomic E-state index is 0.0443. The van der Waals surface area contributed by atoms with Crippen molar-refractivity contribution in [3.63, 3.8) is 0 Å². The Labute approximate surface area is 292 Å². The number of ether oxygens (including phenoxy) is 3. The Kier molecular flexibility index (Phi) is 10.3. The summed E-state index contributed by atoms with van der Waals surface area (Å²) < 4.78 is 24.5. The van der Waals surface area contributed by atoms with Gasteiger partial charge in [-0.3, -0.25) is 9.80 Å². The number of aromatic nitrogens is 3. The van der Waals surface area contributed by atoms with E-state index in [-0.39, 0.29) is 11.1 Å². The van der Waals surface area contributed by atoms with E-state index in [2.05, 4.69) is 69.0 Å². The molecule has 0 radical (unpaired) electrons. The summed E-state index contributed by atoms with van der Waals surface area (Å²) in [5.74, 6) is 2.40. The predicted octanol–water partition coefficient (Wildman–Crippen LogP) is 7.80. The first kappa shape index (κ1) is 36.5. The summed E-state index contributed by atoms with van der Waals surface area (Å²) >= 11 is 0. The van der Waals surface area contributed by atoms with Crippen LogP contribution in [0, 0.1) is 0 Å². The van der Waals surface area contributed by atoms with Crippen LogP contribution in [0.5, 0.6) is 11.5 Å². The average molecular weight is 691 g/mol. The van der Waals surface area contributed by atoms with E-state index in [0.717, 1.165) is 48.6 Å². The van der Waals surface area contributed by atoms with E-state index in [1.165, 1.54) is 0 Å². The highest BCUT2D eigenvalue weighted by Crippen LogP contribution is 2.44. The zero-order valence-corrected chi connectivity index (χ0v) is 32.1. The van der Waals surface area contributed by atoms with Crippen molar-refractivity contribution >= 4 is 31.9 Å². The quantitative estimate of drug-likeness (QED) is 0.212. The van der Waals surface area contributed by atoms with Gasteiger partial charge in [-0.1, -0.05) is 34.6 Å². The molecule has 49 heavy (non-hydrogen) atoms. The summed E-state index contributed by atoms with van der Waals surface area (Å²) in [6.45, 7) is 24.9. The van der Waals surface area contributed by atoms with Gasteiger partial charge in [0.05, 0.1) is 18.5 Å². The minimum Gasteiger partial charge on any atom is -0.494 e. The fraction of sp³-hybridized carbons (Fsp3) is 0.568. The van der Waals surface area contributed by atoms with Crippen LogP contribution < -0.4 is 19.7 Å². The fourth-order valence-corrected chi connectivity index (χ4v) is 6.95. The third-order valence-electron chi connectivity index (χ3n) is 9.80. The summed E-state index contributed by atoms with van der Waals surface area (Å²) in [6.07, 6.45) is 4.22. The summed E-state index contributed by atoms with van der Waals surface area (Å²) in [4.78, 5) is 31.6. The maximum absolute atomic E-state index is 13.4. The van der Waals surface area contributed by atoms with Gasteiger partial charge >= 0.3 is 6.09 Å². The molecule has 2 aliphatic heterocycles. The number of nitrogens with zero attached hydrogens (tertiary/aromatic N) is 5. The maximum atomic E-state index is 13.4. The average Bonchev–Trinajstić information content (AvgIpc) is 3.61. The number of anilines is 3. The lowest BCUT2D eigenvalue weighted by molar-refractivity contribution is 0.0574. The molecular weight excluding hydrogens is 637 g/mol. The highest BCUT2D eigenvalue weighted by atomic mass is 28.4. The monoisotopic (exact) mass is 690 g/mol. The molecule has 1 N–H and O–H groups in total. The summed E-state index contributed by atoms with van der Waals surface area (Å²) in [7, 11) is -0.442. The number of carbonyl (C=O) groups excluding carboxylic acids is 1. The lowest BCUT2D eigenvalue weighted by atomic mass is 9.85. The number of likely N-dealkylation sites (tertiary alicyclic amines) is 1. The van der Waals surface area contributed by atoms with Crippen molar-refractivity contribution in [3.05, 3.63) is 48.3 Å². The second-order valence-electron chi connectivity index (χ2n) is 15.9. The SMILES string of the molecule is CCN1CCC(Oc2ccc(Nc3nccc(-c4cnc5c(c4)C(C)(CO[Si](C)(C)C(C)(C)C)CN5C(=O)OC(C)(C)C)n3)c(OC)c2)C1. The number of hydrogen-bond donors (Lipinski definition) is 1. The van der Waals surface area contributed by atoms with Gasteiger partial charge in [-0.2, -0.15) is 0 Å². The minimum atomic E-state index is -2.08. The molecule has 0 bridgehead atoms. The molecule has 1 saturated heterocycles. The van der Waals surface area contributed by atoms with E-state index in [0.29, 0.717) is 36.4 Å². The van der Waals surface area contributed by atoms with Crippen molar-refractivity contribution in [3.8, 4) is 22.8 Å². The molecular formula is C37H54N6O5Si. The molecule has 2 aliphatic rings. The normalized spacial score (nSPS) is 19.9. The Morgan fingerprint density at radius 2 is 1.86 bits per heavy atom. The molecule has 2 atom stereocenters. The van der Waals surface area contributed by atoms with Crippen molar-refractivity contribution in [1.29, 1.82) is 0 Å². The van der Waals surface area contributed by atoms with Gasteiger partial charge in [0, 0.05) is 61.2 Å². The van der Waals surface area contributed by atoms with E-state index in [4.69, 9.17) is 28.6 Å². The highest BCUT2D eigenvalue weighted by molar-refractivity contribution is 6.74. The van der Waals surface area contributed by atoms with Gasteiger partial charge in [-0.25, -0.2) is 19.7 Å². The molecule has 1 aromatic carbocycles. The van der Waals surface area contributed by atoms with Crippen LogP contribution in [-0.2, 0) is 14.6 Å². The van der Waals surface area contributed by atoms with Crippen molar-refractivity contribution in [2.45, 2.75) is 97.1 Å². The summed E-state index contributed by atoms with van der Waals surface area (Å²) in [6, 6.07) is 9.69. The van der Waals surface area contributed by atoms with E-state index >= 15 is 0 Å². The second-order valence-corrected chi connectivity index (χ2v) is 20.8. The van der Waals surface area contributed by atoms with Crippen LogP contribution in [0.4, 0.5) is 22.2 Å². The number of pyridine rings is 1. The van der Waals surface area contributed by atoms with Gasteiger partial charge in [-0.05, 0) is 76.1 Å². The van der Waals surface area contributed by atoms with Crippen LogP contribution >= 0.6 is 0 Å². The molecule has 11 nitrogen and oxygen atoms in total. The number of rotatable bonds is 10. The summed E-state index contributed by atoms with van der Waals surface area (Å²) in [5.41, 5.74) is 2.00. The topological polar surface area (TPSA) is 111 Å². The number of fused-ring (bicyclic) bond motifs is 1. The van der Waals surface area contributed by atoms with Crippen LogP contribution in [-0.4, -0.2) is 85.9 Å². The first-order valence-corrected chi connectivity index (χ1v) is 20.1. The largest absolute Gasteiger partial charge is 0.494 e. The molecule has 1 fully saturated rings. The molecule has 266 valence electrons. The highest BCUT2D eigenvalue weighted by Gasteiger charge is 2.47. The first-order chi connectivity index (χ1) is 22.9. The van der Waals surface area contributed by atoms with Crippen LogP contribution in [0.2, 0.25) is 18.1 Å². The van der Waals surface area contributed by atoms with Crippen molar-refractivity contribution < 1.29 is 23.4 Å². The standard InChI is InChI=1S/C37H54N6O5Si/c1-12-42-18-16-27(22-42)47-26-13-14-30(31(20-26)45-9)41-33-38-17-15-29(40-33)25-19-28-32(39-21-25)43(34(44)48-35(2,3)4)23-37(28,8)24-46-49(10,11)36(5,6)7/h13-15,17,19-21,27H,12,16,18,22-24H2,1-11H3,(H,38,40,41). The Balaban J connectivity index is 1.41. The second kappa shape index (κ2) is 13.9. The van der Waals surface area contributed by atoms with Gasteiger partial charge < -0.3 is 24.0 Å². The van der Waals surface area contributed by atoms with Crippen LogP contribution in [0.1, 0.15) is 67.4 Å². The number of hydrogen-bond acceptors (Lipinski definition) is 10. The van der Waals surface area contributed by atoms with Gasteiger partial charge in [0.25, 0.3) is 0 Å². The molecule has 4 heterocycles. The van der Waals surface area contributed by atoms with Gasteiger partial charge in [0.15, 0.2) is 8.32 Å². The molecule has 1 amide bonds. The number of carbonyl (C=O) groups is 1. The summed E-state index contributed by atoms with van der Waals surface area (Å²) in [5, 5.41) is 3.36. The van der Waals surface area contributed by atoms with Crippen molar-refractivity contribution in [2.24, 2.45) is 0 Å². The predicted molar refractivity (Wildman–Crippen MR) is 197 cm³/mol. The zero-order chi connectivity index (χ0) is 35.8. The third-order valence-corrected chi connectivity index (χ3v) is 14.3. The molecule has 0 spiro atoms. The first-order valence-electron chi connectivity index (χ1n) is 17.2. The molecule has 3 aromatic rings. The molecule has 5 rings (SSSR count). The van der Waals surface area contributed by atoms with E-state index < -0.39 is 25.4 Å². The molecule has 0 saturated carbocycles. The van der Waals surface area contributed by atoms with E-state index in [9.17, 15) is 4.79 Å². The zero-order valence-electron chi connectivity index (χ0n) is 31.1. The van der Waals surface area contributed by atoms with Gasteiger partial charge in [0.1, 0.15) is 29.0 Å². The number of methoxy groups -OCH3 is 1. The van der Waals surface area contributed by atoms with Crippen molar-refractivity contribution in [1.82, 2.24) is 19.9 Å². The molecule has 0 aliphatic carbocycles. The Hall–Kier alpha value is -3.74. The Morgan fingerprint density at radius 1 is 1.10 bits per heavy atom. The smallest absolute Gasteiger partial charge is 0.416 e. The van der Waals surface area contributed by atoms with E-state index in [1.54, 1.807) is 24.4 Å². The molecule has 2 aromatic heterocycles. The maximum Gasteiger partial charge on any atom is 0.416 e. The van der Waals surface area contributed by atoms with E-state index in [1.807, 2.05) is 45.0 Å². The third kappa shape index (κ3) is 8.35. The van der Waals surface area contributed by atoms with Crippen LogP contribution in [0.15, 0.2) is 42.7 Å². The number of amides is 1. The van der Waals surface area contributed by atoms with Crippen molar-refractivity contribution in [2.75, 3.05) is 50.1 Å². The number of nitrogens with one attached hydrogen (secondary N) is 1. The number of likely N-dealkylation sites (N-methyl/N-ethyl adjacent to an activating group) is 1. The fourth-order valence-electron chi connectivity index (χ4n) is 5.83.